The van der Waals surface area contributed by atoms with Gasteiger partial charge in [0.2, 0.25) is 0 Å². The number of phenols is 1. The van der Waals surface area contributed by atoms with Gasteiger partial charge in [-0.05, 0) is 35.6 Å². The fourth-order valence-corrected chi connectivity index (χ4v) is 2.24. The molecule has 0 aromatic heterocycles. The molecule has 0 saturated heterocycles. The van der Waals surface area contributed by atoms with Gasteiger partial charge in [0.1, 0.15) is 5.75 Å². The van der Waals surface area contributed by atoms with E-state index >= 15 is 0 Å². The average molecular weight is 210 g/mol. The summed E-state index contributed by atoms with van der Waals surface area (Å²) in [7, 11) is 0. The van der Waals surface area contributed by atoms with Crippen LogP contribution in [0.4, 0.5) is 0 Å². The molecule has 0 atom stereocenters. The molecule has 0 radical (unpaired) electrons. The maximum Gasteiger partial charge on any atom is 0.190 e. The Morgan fingerprint density at radius 2 is 2.00 bits per heavy atom. The van der Waals surface area contributed by atoms with Gasteiger partial charge in [-0.25, -0.2) is 0 Å². The third-order valence-electron chi connectivity index (χ3n) is 3.02. The van der Waals surface area contributed by atoms with Crippen LogP contribution >= 0.6 is 0 Å². The summed E-state index contributed by atoms with van der Waals surface area (Å²) < 4.78 is 0. The lowest BCUT2D eigenvalue weighted by Crippen LogP contribution is -2.03. The summed E-state index contributed by atoms with van der Waals surface area (Å²) >= 11 is 0. The van der Waals surface area contributed by atoms with Crippen molar-refractivity contribution in [2.24, 2.45) is 0 Å². The van der Waals surface area contributed by atoms with Crippen molar-refractivity contribution >= 4 is 22.6 Å². The van der Waals surface area contributed by atoms with Crippen LogP contribution < -0.4 is 0 Å². The van der Waals surface area contributed by atoms with Crippen molar-refractivity contribution in [2.45, 2.75) is 6.92 Å². The fourth-order valence-electron chi connectivity index (χ4n) is 2.24. The molecule has 2 nitrogen and oxygen atoms in total. The summed E-state index contributed by atoms with van der Waals surface area (Å²) in [5.41, 5.74) is 2.17. The Labute approximate surface area is 92.8 Å². The second-order valence-corrected chi connectivity index (χ2v) is 4.06. The first-order valence-corrected chi connectivity index (χ1v) is 5.16. The van der Waals surface area contributed by atoms with Gasteiger partial charge in [0, 0.05) is 5.39 Å². The molecule has 0 saturated carbocycles. The predicted octanol–water partition coefficient (Wildman–Crippen LogP) is 3.06. The van der Waals surface area contributed by atoms with Crippen LogP contribution in [0.15, 0.2) is 30.3 Å². The number of allylic oxidation sites excluding steroid dienone is 1. The van der Waals surface area contributed by atoms with Gasteiger partial charge in [0.15, 0.2) is 5.78 Å². The number of carbonyl (C=O) groups excluding carboxylic acids is 1. The van der Waals surface area contributed by atoms with E-state index in [1.54, 1.807) is 6.08 Å². The number of phenolic OH excluding ortho intramolecular Hbond substituents is 1. The predicted molar refractivity (Wildman–Crippen MR) is 63.7 cm³/mol. The van der Waals surface area contributed by atoms with Crippen LogP contribution in [0.1, 0.15) is 21.5 Å². The zero-order valence-electron chi connectivity index (χ0n) is 8.82. The van der Waals surface area contributed by atoms with Crippen molar-refractivity contribution in [3.05, 3.63) is 47.0 Å². The van der Waals surface area contributed by atoms with Gasteiger partial charge < -0.3 is 5.11 Å². The van der Waals surface area contributed by atoms with Crippen LogP contribution in [0.25, 0.3) is 16.8 Å². The van der Waals surface area contributed by atoms with Crippen LogP contribution in [-0.2, 0) is 0 Å². The number of carbonyl (C=O) groups is 1. The van der Waals surface area contributed by atoms with Crippen LogP contribution in [0.2, 0.25) is 0 Å². The van der Waals surface area contributed by atoms with E-state index in [9.17, 15) is 9.90 Å². The van der Waals surface area contributed by atoms with Gasteiger partial charge in [-0.2, -0.15) is 0 Å². The van der Waals surface area contributed by atoms with Gasteiger partial charge in [-0.15, -0.1) is 0 Å². The SMILES string of the molecule is Cc1cc2cccc3c2c(c1O)C(=O)C=C3. The number of benzene rings is 2. The highest BCUT2D eigenvalue weighted by molar-refractivity contribution is 6.21. The molecule has 0 unspecified atom stereocenters. The minimum Gasteiger partial charge on any atom is -0.507 e. The zero-order chi connectivity index (χ0) is 11.3. The maximum absolute atomic E-state index is 11.8. The Kier molecular flexibility index (Phi) is 1.69. The molecule has 2 aromatic carbocycles. The van der Waals surface area contributed by atoms with E-state index in [1.165, 1.54) is 6.08 Å². The van der Waals surface area contributed by atoms with Crippen molar-refractivity contribution in [1.82, 2.24) is 0 Å². The summed E-state index contributed by atoms with van der Waals surface area (Å²) in [4.78, 5) is 11.8. The highest BCUT2D eigenvalue weighted by Gasteiger charge is 2.20. The fraction of sp³-hybridized carbons (Fsp3) is 0.0714. The molecule has 0 amide bonds. The van der Waals surface area contributed by atoms with Gasteiger partial charge in [-0.1, -0.05) is 24.3 Å². The second-order valence-electron chi connectivity index (χ2n) is 4.06. The molecule has 0 fully saturated rings. The molecule has 1 aliphatic rings. The van der Waals surface area contributed by atoms with E-state index in [2.05, 4.69) is 0 Å². The number of ketones is 1. The number of hydrogen-bond acceptors (Lipinski definition) is 2. The summed E-state index contributed by atoms with van der Waals surface area (Å²) in [6, 6.07) is 7.77. The lowest BCUT2D eigenvalue weighted by atomic mass is 9.90. The highest BCUT2D eigenvalue weighted by atomic mass is 16.3. The minimum absolute atomic E-state index is 0.106. The average Bonchev–Trinajstić information content (AvgIpc) is 2.28. The molecule has 1 N–H and O–H groups in total. The smallest absolute Gasteiger partial charge is 0.190 e. The van der Waals surface area contributed by atoms with E-state index in [4.69, 9.17) is 0 Å². The first-order valence-electron chi connectivity index (χ1n) is 5.16. The monoisotopic (exact) mass is 210 g/mol. The molecule has 3 rings (SSSR count). The topological polar surface area (TPSA) is 37.3 Å². The Hall–Kier alpha value is -2.09. The standard InChI is InChI=1S/C14H10O2/c1-8-7-10-4-2-3-9-5-6-11(15)13(12(9)10)14(8)16/h2-7,16H,1H3. The largest absolute Gasteiger partial charge is 0.507 e. The quantitative estimate of drug-likeness (QED) is 0.725. The molecule has 0 heterocycles. The number of aromatic hydroxyl groups is 1. The second kappa shape index (κ2) is 2.95. The summed E-state index contributed by atoms with van der Waals surface area (Å²) in [5.74, 6) is -0.0146. The molecule has 78 valence electrons. The van der Waals surface area contributed by atoms with Crippen LogP contribution in [0.3, 0.4) is 0 Å². The third kappa shape index (κ3) is 1.04. The highest BCUT2D eigenvalue weighted by Crippen LogP contribution is 2.36. The molecule has 1 aliphatic carbocycles. The third-order valence-corrected chi connectivity index (χ3v) is 3.02. The van der Waals surface area contributed by atoms with E-state index in [0.717, 1.165) is 21.9 Å². The van der Waals surface area contributed by atoms with Crippen LogP contribution in [-0.4, -0.2) is 10.9 Å². The van der Waals surface area contributed by atoms with Crippen LogP contribution in [0.5, 0.6) is 5.75 Å². The lowest BCUT2D eigenvalue weighted by Gasteiger charge is -2.14. The minimum atomic E-state index is -0.120. The Morgan fingerprint density at radius 1 is 1.19 bits per heavy atom. The van der Waals surface area contributed by atoms with Crippen LogP contribution in [0, 0.1) is 6.92 Å². The van der Waals surface area contributed by atoms with Crippen molar-refractivity contribution in [3.63, 3.8) is 0 Å². The van der Waals surface area contributed by atoms with Gasteiger partial charge in [0.25, 0.3) is 0 Å². The van der Waals surface area contributed by atoms with E-state index in [-0.39, 0.29) is 11.5 Å². The van der Waals surface area contributed by atoms with Crippen molar-refractivity contribution in [3.8, 4) is 5.75 Å². The number of aryl methyl sites for hydroxylation is 1. The van der Waals surface area contributed by atoms with Gasteiger partial charge in [-0.3, -0.25) is 4.79 Å². The summed E-state index contributed by atoms with van der Waals surface area (Å²) in [6.45, 7) is 1.81. The normalized spacial score (nSPS) is 13.4. The first-order chi connectivity index (χ1) is 7.68. The first kappa shape index (κ1) is 9.16. The number of rotatable bonds is 0. The number of hydrogen-bond donors (Lipinski definition) is 1. The maximum atomic E-state index is 11.8. The zero-order valence-corrected chi connectivity index (χ0v) is 8.82. The summed E-state index contributed by atoms with van der Waals surface area (Å²) in [6.07, 6.45) is 3.31. The molecular formula is C14H10O2. The van der Waals surface area contributed by atoms with Crippen molar-refractivity contribution < 1.29 is 9.90 Å². The molecule has 0 bridgehead atoms. The van der Waals surface area contributed by atoms with E-state index < -0.39 is 0 Å². The molecular weight excluding hydrogens is 200 g/mol. The Bertz CT molecular complexity index is 651. The molecule has 16 heavy (non-hydrogen) atoms. The molecule has 2 aromatic rings. The van der Waals surface area contributed by atoms with Gasteiger partial charge in [0.05, 0.1) is 5.56 Å². The van der Waals surface area contributed by atoms with E-state index in [1.807, 2.05) is 31.2 Å². The van der Waals surface area contributed by atoms with Crippen molar-refractivity contribution in [2.75, 3.05) is 0 Å². The van der Waals surface area contributed by atoms with Crippen molar-refractivity contribution in [1.29, 1.82) is 0 Å². The van der Waals surface area contributed by atoms with Gasteiger partial charge >= 0.3 is 0 Å². The summed E-state index contributed by atoms with van der Waals surface area (Å²) in [5, 5.41) is 11.8. The van der Waals surface area contributed by atoms with E-state index in [0.29, 0.717) is 5.56 Å². The molecule has 2 heteroatoms. The Morgan fingerprint density at radius 3 is 2.81 bits per heavy atom. The Balaban J connectivity index is 2.61. The lowest BCUT2D eigenvalue weighted by molar-refractivity contribution is 0.104. The molecule has 0 aliphatic heterocycles. The molecule has 0 spiro atoms.